The molecule has 1 saturated heterocycles. The van der Waals surface area contributed by atoms with Crippen LogP contribution in [-0.2, 0) is 0 Å². The van der Waals surface area contributed by atoms with Gasteiger partial charge >= 0.3 is 0 Å². The van der Waals surface area contributed by atoms with Gasteiger partial charge in [-0.3, -0.25) is 0 Å². The Kier molecular flexibility index (Phi) is 3.29. The van der Waals surface area contributed by atoms with Gasteiger partial charge in [0.2, 0.25) is 0 Å². The topological polar surface area (TPSA) is 17.0 Å². The van der Waals surface area contributed by atoms with Gasteiger partial charge < -0.3 is 9.88 Å². The summed E-state index contributed by atoms with van der Waals surface area (Å²) in [5, 5.41) is 6.31. The van der Waals surface area contributed by atoms with Gasteiger partial charge in [0.15, 0.2) is 0 Å². The minimum absolute atomic E-state index is 0.579. The number of nitrogens with one attached hydrogen (secondary N) is 1. The van der Waals surface area contributed by atoms with Crippen LogP contribution in [0.1, 0.15) is 24.8 Å². The second-order valence-corrected chi connectivity index (χ2v) is 7.86. The highest BCUT2D eigenvalue weighted by molar-refractivity contribution is 6.09. The van der Waals surface area contributed by atoms with Gasteiger partial charge in [-0.2, -0.15) is 0 Å². The van der Waals surface area contributed by atoms with Gasteiger partial charge in [0.1, 0.15) is 0 Å². The summed E-state index contributed by atoms with van der Waals surface area (Å²) in [6.45, 7) is 0. The van der Waals surface area contributed by atoms with Gasteiger partial charge in [0, 0.05) is 28.5 Å². The van der Waals surface area contributed by atoms with Crippen LogP contribution in [0.25, 0.3) is 33.1 Å². The molecule has 6 rings (SSSR count). The van der Waals surface area contributed by atoms with Crippen molar-refractivity contribution in [2.45, 2.75) is 31.3 Å². The van der Waals surface area contributed by atoms with E-state index in [0.717, 1.165) is 6.42 Å². The van der Waals surface area contributed by atoms with E-state index in [1.807, 2.05) is 0 Å². The predicted octanol–water partition coefficient (Wildman–Crippen LogP) is 5.69. The summed E-state index contributed by atoms with van der Waals surface area (Å²) in [6, 6.07) is 27.8. The van der Waals surface area contributed by atoms with Crippen molar-refractivity contribution in [1.82, 2.24) is 9.88 Å². The lowest BCUT2D eigenvalue weighted by atomic mass is 9.96. The van der Waals surface area contributed by atoms with Crippen LogP contribution in [-0.4, -0.2) is 16.7 Å². The fourth-order valence-electron chi connectivity index (χ4n) is 4.96. The predicted molar refractivity (Wildman–Crippen MR) is 113 cm³/mol. The molecule has 0 spiro atoms. The molecule has 1 aromatic heterocycles. The first-order valence-electron chi connectivity index (χ1n) is 9.92. The smallest absolute Gasteiger partial charge is 0.0541 e. The molecule has 0 saturated carbocycles. The summed E-state index contributed by atoms with van der Waals surface area (Å²) in [7, 11) is 0. The van der Waals surface area contributed by atoms with Crippen LogP contribution in [0.15, 0.2) is 78.9 Å². The average molecular weight is 350 g/mol. The fourth-order valence-corrected chi connectivity index (χ4v) is 4.96. The number of hydrogen-bond acceptors (Lipinski definition) is 1. The van der Waals surface area contributed by atoms with Crippen molar-refractivity contribution in [1.29, 1.82) is 0 Å². The SMILES string of the molecule is C1=C(c2ccc(-n3c4ccccc4c4ccccc43)cc2)CC2CCC1N2. The van der Waals surface area contributed by atoms with Crippen LogP contribution in [0.2, 0.25) is 0 Å². The molecule has 2 aliphatic rings. The molecule has 2 bridgehead atoms. The molecule has 0 aliphatic carbocycles. The number of benzene rings is 3. The Labute approximate surface area is 159 Å². The third kappa shape index (κ3) is 2.37. The number of rotatable bonds is 2. The molecule has 3 aromatic carbocycles. The standard InChI is InChI=1S/C25H22N2/c1-3-7-24-22(5-1)23-6-2-4-8-25(23)27(24)21-13-9-17(10-14-21)18-15-19-11-12-20(16-18)26-19/h1-10,13-15,19-20,26H,11-12,16H2. The molecule has 2 unspecified atom stereocenters. The van der Waals surface area contributed by atoms with E-state index in [9.17, 15) is 0 Å². The molecule has 2 nitrogen and oxygen atoms in total. The number of aromatic nitrogens is 1. The number of nitrogens with zero attached hydrogens (tertiary/aromatic N) is 1. The summed E-state index contributed by atoms with van der Waals surface area (Å²) >= 11 is 0. The third-order valence-corrected chi connectivity index (χ3v) is 6.22. The summed E-state index contributed by atoms with van der Waals surface area (Å²) in [6.07, 6.45) is 6.20. The maximum absolute atomic E-state index is 3.68. The highest BCUT2D eigenvalue weighted by Crippen LogP contribution is 2.34. The first-order chi connectivity index (χ1) is 13.4. The zero-order chi connectivity index (χ0) is 17.8. The second-order valence-electron chi connectivity index (χ2n) is 7.86. The van der Waals surface area contributed by atoms with E-state index < -0.39 is 0 Å². The van der Waals surface area contributed by atoms with Crippen LogP contribution in [0, 0.1) is 0 Å². The summed E-state index contributed by atoms with van der Waals surface area (Å²) < 4.78 is 2.38. The third-order valence-electron chi connectivity index (χ3n) is 6.22. The van der Waals surface area contributed by atoms with Crippen molar-refractivity contribution in [3.05, 3.63) is 84.4 Å². The van der Waals surface area contributed by atoms with E-state index in [2.05, 4.69) is 88.8 Å². The zero-order valence-corrected chi connectivity index (χ0v) is 15.2. The maximum Gasteiger partial charge on any atom is 0.0541 e. The molecule has 1 N–H and O–H groups in total. The molecule has 2 heteroatoms. The van der Waals surface area contributed by atoms with Gasteiger partial charge in [0.05, 0.1) is 11.0 Å². The molecule has 2 atom stereocenters. The van der Waals surface area contributed by atoms with Crippen LogP contribution in [0.5, 0.6) is 0 Å². The van der Waals surface area contributed by atoms with Crippen molar-refractivity contribution >= 4 is 27.4 Å². The number of para-hydroxylation sites is 2. The molecule has 3 heterocycles. The number of hydrogen-bond donors (Lipinski definition) is 1. The molecule has 2 aliphatic heterocycles. The second kappa shape index (κ2) is 5.83. The lowest BCUT2D eigenvalue weighted by Crippen LogP contribution is -2.31. The van der Waals surface area contributed by atoms with E-state index in [1.165, 1.54) is 51.5 Å². The minimum Gasteiger partial charge on any atom is -0.309 e. The van der Waals surface area contributed by atoms with Gasteiger partial charge in [-0.05, 0) is 54.7 Å². The van der Waals surface area contributed by atoms with Gasteiger partial charge in [-0.15, -0.1) is 0 Å². The van der Waals surface area contributed by atoms with Crippen molar-refractivity contribution in [2.24, 2.45) is 0 Å². The Morgan fingerprint density at radius 3 is 2.07 bits per heavy atom. The van der Waals surface area contributed by atoms with Gasteiger partial charge in [0.25, 0.3) is 0 Å². The lowest BCUT2D eigenvalue weighted by molar-refractivity contribution is 0.575. The Morgan fingerprint density at radius 2 is 1.41 bits per heavy atom. The van der Waals surface area contributed by atoms with Crippen LogP contribution >= 0.6 is 0 Å². The molecule has 0 amide bonds. The van der Waals surface area contributed by atoms with Crippen LogP contribution < -0.4 is 5.32 Å². The highest BCUT2D eigenvalue weighted by Gasteiger charge is 2.28. The Hall–Kier alpha value is -2.84. The molecule has 1 fully saturated rings. The van der Waals surface area contributed by atoms with Crippen molar-refractivity contribution in [3.63, 3.8) is 0 Å². The normalized spacial score (nSPS) is 21.7. The fraction of sp³-hybridized carbons (Fsp3) is 0.200. The largest absolute Gasteiger partial charge is 0.309 e. The van der Waals surface area contributed by atoms with E-state index in [0.29, 0.717) is 12.1 Å². The van der Waals surface area contributed by atoms with E-state index in [1.54, 1.807) is 0 Å². The van der Waals surface area contributed by atoms with E-state index >= 15 is 0 Å². The molecule has 27 heavy (non-hydrogen) atoms. The average Bonchev–Trinajstić information content (AvgIpc) is 3.24. The first kappa shape index (κ1) is 15.2. The minimum atomic E-state index is 0.579. The summed E-state index contributed by atoms with van der Waals surface area (Å²) in [5.41, 5.74) is 6.65. The molecule has 132 valence electrons. The highest BCUT2D eigenvalue weighted by atomic mass is 15.0. The van der Waals surface area contributed by atoms with Crippen LogP contribution in [0.4, 0.5) is 0 Å². The van der Waals surface area contributed by atoms with Gasteiger partial charge in [-0.1, -0.05) is 54.6 Å². The molecule has 4 aromatic rings. The van der Waals surface area contributed by atoms with Gasteiger partial charge in [-0.25, -0.2) is 0 Å². The molecular weight excluding hydrogens is 328 g/mol. The van der Waals surface area contributed by atoms with E-state index in [4.69, 9.17) is 0 Å². The number of fused-ring (bicyclic) bond motifs is 5. The quantitative estimate of drug-likeness (QED) is 0.491. The van der Waals surface area contributed by atoms with Crippen molar-refractivity contribution in [3.8, 4) is 5.69 Å². The summed E-state index contributed by atoms with van der Waals surface area (Å²) in [5.74, 6) is 0. The Bertz CT molecular complexity index is 1130. The monoisotopic (exact) mass is 350 g/mol. The van der Waals surface area contributed by atoms with Crippen molar-refractivity contribution in [2.75, 3.05) is 0 Å². The first-order valence-corrected chi connectivity index (χ1v) is 9.92. The molecular formula is C25H22N2. The Balaban J connectivity index is 1.48. The zero-order valence-electron chi connectivity index (χ0n) is 15.2. The Morgan fingerprint density at radius 1 is 0.741 bits per heavy atom. The van der Waals surface area contributed by atoms with E-state index in [-0.39, 0.29) is 0 Å². The maximum atomic E-state index is 3.68. The summed E-state index contributed by atoms with van der Waals surface area (Å²) in [4.78, 5) is 0. The van der Waals surface area contributed by atoms with Crippen LogP contribution in [0.3, 0.4) is 0 Å². The van der Waals surface area contributed by atoms with Crippen molar-refractivity contribution < 1.29 is 0 Å². The lowest BCUT2D eigenvalue weighted by Gasteiger charge is -2.21. The molecule has 0 radical (unpaired) electrons.